The van der Waals surface area contributed by atoms with Gasteiger partial charge in [0.15, 0.2) is 11.3 Å². The van der Waals surface area contributed by atoms with E-state index in [2.05, 4.69) is 9.97 Å². The van der Waals surface area contributed by atoms with Crippen molar-refractivity contribution >= 4 is 28.9 Å². The SMILES string of the molecule is O=C(O)C1=C(N2CCc3ccoc3C2)OC(=Cc2c[nH]c3ncccc23)C1=O. The summed E-state index contributed by atoms with van der Waals surface area (Å²) < 4.78 is 11.2. The number of carboxylic acids is 1. The molecule has 3 aromatic heterocycles. The molecule has 0 saturated carbocycles. The summed E-state index contributed by atoms with van der Waals surface area (Å²) in [6.45, 7) is 0.891. The van der Waals surface area contributed by atoms with E-state index in [1.807, 2.05) is 12.1 Å². The Morgan fingerprint density at radius 3 is 3.11 bits per heavy atom. The van der Waals surface area contributed by atoms with Crippen LogP contribution in [0.15, 0.2) is 58.5 Å². The maximum Gasteiger partial charge on any atom is 0.345 e. The molecule has 0 saturated heterocycles. The number of nitrogens with one attached hydrogen (secondary N) is 1. The van der Waals surface area contributed by atoms with Crippen molar-refractivity contribution in [1.29, 1.82) is 0 Å². The highest BCUT2D eigenvalue weighted by atomic mass is 16.5. The van der Waals surface area contributed by atoms with E-state index in [4.69, 9.17) is 9.15 Å². The van der Waals surface area contributed by atoms with Crippen molar-refractivity contribution in [2.75, 3.05) is 6.54 Å². The van der Waals surface area contributed by atoms with Crippen molar-refractivity contribution in [3.8, 4) is 0 Å². The lowest BCUT2D eigenvalue weighted by Gasteiger charge is -2.28. The molecule has 5 rings (SSSR count). The second-order valence-corrected chi connectivity index (χ2v) is 6.61. The Kier molecular flexibility index (Phi) is 3.58. The number of hydrogen-bond acceptors (Lipinski definition) is 6. The van der Waals surface area contributed by atoms with Gasteiger partial charge >= 0.3 is 5.97 Å². The fourth-order valence-corrected chi connectivity index (χ4v) is 3.58. The molecule has 0 fully saturated rings. The predicted molar refractivity (Wildman–Crippen MR) is 97.6 cm³/mol. The molecule has 0 atom stereocenters. The van der Waals surface area contributed by atoms with Crippen molar-refractivity contribution in [3.63, 3.8) is 0 Å². The van der Waals surface area contributed by atoms with E-state index in [0.717, 1.165) is 16.7 Å². The average molecular weight is 377 g/mol. The van der Waals surface area contributed by atoms with Gasteiger partial charge in [-0.15, -0.1) is 0 Å². The molecule has 0 aromatic carbocycles. The van der Waals surface area contributed by atoms with E-state index in [-0.39, 0.29) is 17.2 Å². The summed E-state index contributed by atoms with van der Waals surface area (Å²) in [4.78, 5) is 33.5. The molecule has 0 bridgehead atoms. The van der Waals surface area contributed by atoms with Gasteiger partial charge in [-0.05, 0) is 36.3 Å². The fourth-order valence-electron chi connectivity index (χ4n) is 3.58. The summed E-state index contributed by atoms with van der Waals surface area (Å²) in [6.07, 6.45) is 7.20. The van der Waals surface area contributed by atoms with Crippen LogP contribution >= 0.6 is 0 Å². The van der Waals surface area contributed by atoms with E-state index in [9.17, 15) is 14.7 Å². The van der Waals surface area contributed by atoms with Gasteiger partial charge in [0.1, 0.15) is 11.4 Å². The topological polar surface area (TPSA) is 109 Å². The first-order chi connectivity index (χ1) is 13.6. The van der Waals surface area contributed by atoms with Crippen molar-refractivity contribution in [2.24, 2.45) is 0 Å². The molecular weight excluding hydrogens is 362 g/mol. The third-order valence-corrected chi connectivity index (χ3v) is 4.97. The Balaban J connectivity index is 1.51. The molecule has 0 amide bonds. The normalized spacial score (nSPS) is 18.1. The molecule has 8 nitrogen and oxygen atoms in total. The van der Waals surface area contributed by atoms with Crippen LogP contribution in [0.3, 0.4) is 0 Å². The van der Waals surface area contributed by atoms with Gasteiger partial charge in [0, 0.05) is 29.9 Å². The number of allylic oxidation sites excluding steroid dienone is 1. The zero-order valence-corrected chi connectivity index (χ0v) is 14.6. The molecule has 140 valence electrons. The third kappa shape index (κ3) is 2.50. The van der Waals surface area contributed by atoms with Crippen LogP contribution in [0.1, 0.15) is 16.9 Å². The maximum absolute atomic E-state index is 12.8. The number of Topliss-reactive ketones (excluding diaryl/α,β-unsaturated/α-hetero) is 1. The van der Waals surface area contributed by atoms with Crippen molar-refractivity contribution in [1.82, 2.24) is 14.9 Å². The van der Waals surface area contributed by atoms with Crippen molar-refractivity contribution in [2.45, 2.75) is 13.0 Å². The van der Waals surface area contributed by atoms with Crippen LogP contribution in [-0.4, -0.2) is 38.3 Å². The standard InChI is InChI=1S/C20H15N3O5/c24-17-14(8-12-9-22-18-13(12)2-1-5-21-18)28-19(16(17)20(25)26)23-6-3-11-4-7-27-15(11)10-23/h1-2,4-5,7-9H,3,6,10H2,(H,21,22)(H,25,26). The largest absolute Gasteiger partial charge is 0.477 e. The lowest BCUT2D eigenvalue weighted by molar-refractivity contribution is -0.134. The van der Waals surface area contributed by atoms with E-state index < -0.39 is 11.8 Å². The number of carboxylic acid groups (broad SMARTS) is 1. The van der Waals surface area contributed by atoms with Gasteiger partial charge in [0.2, 0.25) is 11.7 Å². The van der Waals surface area contributed by atoms with Crippen LogP contribution in [-0.2, 0) is 27.3 Å². The van der Waals surface area contributed by atoms with Gasteiger partial charge in [-0.1, -0.05) is 0 Å². The Bertz CT molecular complexity index is 1180. The van der Waals surface area contributed by atoms with Crippen LogP contribution in [0, 0.1) is 0 Å². The number of aromatic nitrogens is 2. The number of H-pyrrole nitrogens is 1. The Hall–Kier alpha value is -3.81. The van der Waals surface area contributed by atoms with Gasteiger partial charge in [-0.3, -0.25) is 4.79 Å². The highest BCUT2D eigenvalue weighted by molar-refractivity contribution is 6.26. The first-order valence-electron chi connectivity index (χ1n) is 8.76. The summed E-state index contributed by atoms with van der Waals surface area (Å²) in [5.41, 5.74) is 2.09. The number of rotatable bonds is 3. The number of carbonyl (C=O) groups excluding carboxylic acids is 1. The Morgan fingerprint density at radius 2 is 2.25 bits per heavy atom. The molecule has 0 unspecified atom stereocenters. The van der Waals surface area contributed by atoms with E-state index in [1.54, 1.807) is 35.7 Å². The molecular formula is C20H15N3O5. The van der Waals surface area contributed by atoms with Crippen molar-refractivity contribution < 1.29 is 23.8 Å². The summed E-state index contributed by atoms with van der Waals surface area (Å²) >= 11 is 0. The Morgan fingerprint density at radius 1 is 1.36 bits per heavy atom. The van der Waals surface area contributed by atoms with E-state index in [0.29, 0.717) is 30.7 Å². The van der Waals surface area contributed by atoms with E-state index in [1.165, 1.54) is 0 Å². The second kappa shape index (κ2) is 6.12. The molecule has 2 aliphatic heterocycles. The number of aliphatic carboxylic acids is 1. The molecule has 0 spiro atoms. The first kappa shape index (κ1) is 16.4. The smallest absolute Gasteiger partial charge is 0.345 e. The molecule has 0 radical (unpaired) electrons. The number of furan rings is 1. The molecule has 2 aliphatic rings. The monoisotopic (exact) mass is 377 g/mol. The summed E-state index contributed by atoms with van der Waals surface area (Å²) in [5.74, 6) is -1.17. The Labute approximate surface area is 158 Å². The molecule has 0 aliphatic carbocycles. The quantitative estimate of drug-likeness (QED) is 0.533. The molecule has 8 heteroatoms. The molecule has 3 aromatic rings. The lowest BCUT2D eigenvalue weighted by atomic mass is 10.1. The number of ketones is 1. The van der Waals surface area contributed by atoms with Crippen molar-refractivity contribution in [3.05, 3.63) is 71.0 Å². The zero-order chi connectivity index (χ0) is 19.3. The fraction of sp³-hybridized carbons (Fsp3) is 0.150. The highest BCUT2D eigenvalue weighted by Gasteiger charge is 2.39. The molecule has 2 N–H and O–H groups in total. The average Bonchev–Trinajstić information content (AvgIpc) is 3.39. The lowest BCUT2D eigenvalue weighted by Crippen LogP contribution is -2.30. The minimum Gasteiger partial charge on any atom is -0.477 e. The number of aromatic amines is 1. The summed E-state index contributed by atoms with van der Waals surface area (Å²) in [7, 11) is 0. The van der Waals surface area contributed by atoms with Crippen LogP contribution in [0.4, 0.5) is 0 Å². The van der Waals surface area contributed by atoms with Gasteiger partial charge in [0.05, 0.1) is 12.8 Å². The predicted octanol–water partition coefficient (Wildman–Crippen LogP) is 2.45. The third-order valence-electron chi connectivity index (χ3n) is 4.97. The zero-order valence-electron chi connectivity index (χ0n) is 14.6. The number of hydrogen-bond donors (Lipinski definition) is 2. The highest BCUT2D eigenvalue weighted by Crippen LogP contribution is 2.33. The van der Waals surface area contributed by atoms with Crippen LogP contribution in [0.5, 0.6) is 0 Å². The van der Waals surface area contributed by atoms with Crippen LogP contribution < -0.4 is 0 Å². The van der Waals surface area contributed by atoms with Gasteiger partial charge in [0.25, 0.3) is 0 Å². The van der Waals surface area contributed by atoms with Gasteiger partial charge in [-0.2, -0.15) is 0 Å². The number of nitrogens with zero attached hydrogens (tertiary/aromatic N) is 2. The number of pyridine rings is 1. The molecule has 28 heavy (non-hydrogen) atoms. The second-order valence-electron chi connectivity index (χ2n) is 6.61. The molecule has 5 heterocycles. The summed E-state index contributed by atoms with van der Waals surface area (Å²) in [6, 6.07) is 5.55. The first-order valence-corrected chi connectivity index (χ1v) is 8.76. The van der Waals surface area contributed by atoms with E-state index >= 15 is 0 Å². The number of carbonyl (C=O) groups is 2. The number of ether oxygens (including phenoxy) is 1. The van der Waals surface area contributed by atoms with Gasteiger partial charge in [-0.25, -0.2) is 9.78 Å². The number of fused-ring (bicyclic) bond motifs is 2. The maximum atomic E-state index is 12.8. The summed E-state index contributed by atoms with van der Waals surface area (Å²) in [5, 5.41) is 10.4. The minimum absolute atomic E-state index is 0.0256. The van der Waals surface area contributed by atoms with Gasteiger partial charge < -0.3 is 24.1 Å². The van der Waals surface area contributed by atoms with Crippen LogP contribution in [0.25, 0.3) is 17.1 Å². The van der Waals surface area contributed by atoms with Crippen LogP contribution in [0.2, 0.25) is 0 Å². The minimum atomic E-state index is -1.31.